The van der Waals surface area contributed by atoms with E-state index in [9.17, 15) is 0 Å². The van der Waals surface area contributed by atoms with E-state index in [1.807, 2.05) is 5.38 Å². The van der Waals surface area contributed by atoms with Crippen LogP contribution in [0.25, 0.3) is 0 Å². The lowest BCUT2D eigenvalue weighted by Gasteiger charge is -2.40. The molecule has 1 aliphatic carbocycles. The average Bonchev–Trinajstić information content (AvgIpc) is 2.62. The molecule has 0 saturated heterocycles. The van der Waals surface area contributed by atoms with E-state index in [0.717, 1.165) is 18.8 Å². The van der Waals surface area contributed by atoms with Crippen LogP contribution in [0, 0.1) is 0 Å². The molecule has 2 rings (SSSR count). The molecule has 0 aromatic carbocycles. The molecule has 1 fully saturated rings. The van der Waals surface area contributed by atoms with Gasteiger partial charge in [-0.1, -0.05) is 4.49 Å². The molecule has 0 unspecified atom stereocenters. The van der Waals surface area contributed by atoms with Crippen LogP contribution in [0.2, 0.25) is 0 Å². The van der Waals surface area contributed by atoms with Gasteiger partial charge in [-0.3, -0.25) is 0 Å². The van der Waals surface area contributed by atoms with Gasteiger partial charge in [-0.15, -0.1) is 5.10 Å². The number of methoxy groups -OCH3 is 1. The lowest BCUT2D eigenvalue weighted by Crippen LogP contribution is -2.47. The lowest BCUT2D eigenvalue weighted by molar-refractivity contribution is -0.0695. The number of nitrogens with zero attached hydrogens (tertiary/aromatic N) is 2. The second-order valence-corrected chi connectivity index (χ2v) is 4.35. The summed E-state index contributed by atoms with van der Waals surface area (Å²) in [4.78, 5) is 0. The van der Waals surface area contributed by atoms with Gasteiger partial charge >= 0.3 is 0 Å². The van der Waals surface area contributed by atoms with E-state index in [2.05, 4.69) is 14.9 Å². The summed E-state index contributed by atoms with van der Waals surface area (Å²) >= 11 is 1.39. The number of ether oxygens (including phenoxy) is 1. The molecule has 0 bridgehead atoms. The quantitative estimate of drug-likeness (QED) is 0.798. The summed E-state index contributed by atoms with van der Waals surface area (Å²) in [7, 11) is 1.80. The van der Waals surface area contributed by atoms with Crippen molar-refractivity contribution in [3.63, 3.8) is 0 Å². The fourth-order valence-electron chi connectivity index (χ4n) is 1.70. The van der Waals surface area contributed by atoms with Crippen LogP contribution in [-0.4, -0.2) is 28.8 Å². The predicted octanol–water partition coefficient (Wildman–Crippen LogP) is 1.20. The molecular weight excluding hydrogens is 198 g/mol. The van der Waals surface area contributed by atoms with Crippen LogP contribution < -0.4 is 5.32 Å². The van der Waals surface area contributed by atoms with Crippen LogP contribution in [0.4, 0.5) is 0 Å². The van der Waals surface area contributed by atoms with Crippen LogP contribution in [-0.2, 0) is 11.3 Å². The van der Waals surface area contributed by atoms with Crippen molar-refractivity contribution < 1.29 is 4.74 Å². The maximum atomic E-state index is 5.50. The third kappa shape index (κ3) is 2.10. The first kappa shape index (κ1) is 10.0. The summed E-state index contributed by atoms with van der Waals surface area (Å²) in [6.07, 6.45) is 3.63. The van der Waals surface area contributed by atoms with Gasteiger partial charge in [-0.2, -0.15) is 0 Å². The Hall–Kier alpha value is -0.520. The Bertz CT molecular complexity index is 266. The van der Waals surface area contributed by atoms with Crippen molar-refractivity contribution in [1.82, 2.24) is 14.9 Å². The van der Waals surface area contributed by atoms with E-state index in [1.54, 1.807) is 7.11 Å². The fraction of sp³-hybridized carbons (Fsp3) is 0.778. The standard InChI is InChI=1S/C9H15N3OS/c1-13-9(3-2-4-9)7-10-5-8-6-14-12-11-8/h6,10H,2-5,7H2,1H3. The molecule has 78 valence electrons. The Kier molecular flexibility index (Phi) is 3.10. The molecule has 1 heterocycles. The molecule has 5 heteroatoms. The van der Waals surface area contributed by atoms with Crippen LogP contribution in [0.15, 0.2) is 5.38 Å². The molecule has 4 nitrogen and oxygen atoms in total. The first-order valence-corrected chi connectivity index (χ1v) is 5.70. The van der Waals surface area contributed by atoms with Gasteiger partial charge < -0.3 is 10.1 Å². The summed E-state index contributed by atoms with van der Waals surface area (Å²) < 4.78 is 9.31. The molecule has 0 radical (unpaired) electrons. The third-order valence-electron chi connectivity index (χ3n) is 2.86. The van der Waals surface area contributed by atoms with E-state index < -0.39 is 0 Å². The first-order chi connectivity index (χ1) is 6.85. The Morgan fingerprint density at radius 1 is 1.64 bits per heavy atom. The molecule has 0 aliphatic heterocycles. The van der Waals surface area contributed by atoms with E-state index in [4.69, 9.17) is 4.74 Å². The summed E-state index contributed by atoms with van der Waals surface area (Å²) in [6, 6.07) is 0. The van der Waals surface area contributed by atoms with Gasteiger partial charge in [0.25, 0.3) is 0 Å². The normalized spacial score (nSPS) is 19.2. The van der Waals surface area contributed by atoms with Crippen molar-refractivity contribution in [1.29, 1.82) is 0 Å². The zero-order valence-electron chi connectivity index (χ0n) is 8.32. The third-order valence-corrected chi connectivity index (χ3v) is 3.41. The van der Waals surface area contributed by atoms with Crippen molar-refractivity contribution in [3.8, 4) is 0 Å². The largest absolute Gasteiger partial charge is 0.377 e. The van der Waals surface area contributed by atoms with Crippen molar-refractivity contribution in [2.45, 2.75) is 31.4 Å². The lowest BCUT2D eigenvalue weighted by atomic mass is 9.80. The SMILES string of the molecule is COC1(CNCc2csnn2)CCC1. The highest BCUT2D eigenvalue weighted by Crippen LogP contribution is 2.34. The van der Waals surface area contributed by atoms with Crippen LogP contribution in [0.3, 0.4) is 0 Å². The van der Waals surface area contributed by atoms with Gasteiger partial charge in [-0.25, -0.2) is 0 Å². The number of hydrogen-bond donors (Lipinski definition) is 1. The maximum absolute atomic E-state index is 5.50. The fourth-order valence-corrected chi connectivity index (χ4v) is 2.15. The smallest absolute Gasteiger partial charge is 0.0893 e. The van der Waals surface area contributed by atoms with Crippen molar-refractivity contribution in [2.24, 2.45) is 0 Å². The number of hydrogen-bond acceptors (Lipinski definition) is 5. The van der Waals surface area contributed by atoms with Gasteiger partial charge in [0.15, 0.2) is 0 Å². The minimum Gasteiger partial charge on any atom is -0.377 e. The Labute approximate surface area is 87.8 Å². The number of aromatic nitrogens is 2. The Balaban J connectivity index is 1.72. The summed E-state index contributed by atoms with van der Waals surface area (Å²) in [5.74, 6) is 0. The van der Waals surface area contributed by atoms with Crippen molar-refractivity contribution in [2.75, 3.05) is 13.7 Å². The van der Waals surface area contributed by atoms with Crippen molar-refractivity contribution in [3.05, 3.63) is 11.1 Å². The van der Waals surface area contributed by atoms with Gasteiger partial charge in [0, 0.05) is 25.6 Å². The highest BCUT2D eigenvalue weighted by atomic mass is 32.1. The summed E-state index contributed by atoms with van der Waals surface area (Å²) in [5, 5.41) is 9.30. The van der Waals surface area contributed by atoms with Gasteiger partial charge in [0.1, 0.15) is 0 Å². The molecule has 1 saturated carbocycles. The first-order valence-electron chi connectivity index (χ1n) is 4.86. The second kappa shape index (κ2) is 4.33. The zero-order chi connectivity index (χ0) is 9.86. The molecular formula is C9H15N3OS. The maximum Gasteiger partial charge on any atom is 0.0893 e. The average molecular weight is 213 g/mol. The monoisotopic (exact) mass is 213 g/mol. The van der Waals surface area contributed by atoms with E-state index >= 15 is 0 Å². The van der Waals surface area contributed by atoms with E-state index in [-0.39, 0.29) is 5.60 Å². The summed E-state index contributed by atoms with van der Waals surface area (Å²) in [6.45, 7) is 1.71. The molecule has 1 aromatic heterocycles. The number of nitrogens with one attached hydrogen (secondary N) is 1. The zero-order valence-corrected chi connectivity index (χ0v) is 9.14. The molecule has 14 heavy (non-hydrogen) atoms. The van der Waals surface area contributed by atoms with Crippen LogP contribution in [0.5, 0.6) is 0 Å². The topological polar surface area (TPSA) is 47.0 Å². The van der Waals surface area contributed by atoms with Gasteiger partial charge in [0.2, 0.25) is 0 Å². The molecule has 0 amide bonds. The molecule has 0 atom stereocenters. The highest BCUT2D eigenvalue weighted by Gasteiger charge is 2.36. The molecule has 1 aromatic rings. The number of rotatable bonds is 5. The van der Waals surface area contributed by atoms with E-state index in [1.165, 1.54) is 30.8 Å². The Morgan fingerprint density at radius 2 is 2.50 bits per heavy atom. The summed E-state index contributed by atoms with van der Waals surface area (Å²) in [5.41, 5.74) is 1.12. The highest BCUT2D eigenvalue weighted by molar-refractivity contribution is 7.03. The minimum atomic E-state index is 0.101. The van der Waals surface area contributed by atoms with Gasteiger partial charge in [-0.05, 0) is 30.8 Å². The minimum absolute atomic E-state index is 0.101. The Morgan fingerprint density at radius 3 is 3.00 bits per heavy atom. The van der Waals surface area contributed by atoms with Gasteiger partial charge in [0.05, 0.1) is 11.3 Å². The second-order valence-electron chi connectivity index (χ2n) is 3.74. The van der Waals surface area contributed by atoms with Crippen LogP contribution >= 0.6 is 11.5 Å². The van der Waals surface area contributed by atoms with Crippen LogP contribution in [0.1, 0.15) is 25.0 Å². The predicted molar refractivity (Wildman–Crippen MR) is 55.2 cm³/mol. The molecule has 0 spiro atoms. The molecule has 1 aliphatic rings. The molecule has 1 N–H and O–H groups in total. The van der Waals surface area contributed by atoms with E-state index in [0.29, 0.717) is 0 Å². The van der Waals surface area contributed by atoms with Crippen molar-refractivity contribution >= 4 is 11.5 Å².